The molecular formula is C12H21N3O3S2. The van der Waals surface area contributed by atoms with Crippen molar-refractivity contribution in [2.45, 2.75) is 43.1 Å². The number of rotatable bonds is 4. The van der Waals surface area contributed by atoms with Gasteiger partial charge in [0.2, 0.25) is 0 Å². The highest BCUT2D eigenvalue weighted by molar-refractivity contribution is 7.91. The summed E-state index contributed by atoms with van der Waals surface area (Å²) in [6, 6.07) is 0. The standard InChI is InChI=1S/C12H21N3O3S2/c1-8-3-5-12(16,6-4-8)7-14-11-9(20(2,17)18)10(13)15-19-11/h8,14,16H,3-7H2,1-2H3,(H2,13,15). The fourth-order valence-electron chi connectivity index (χ4n) is 2.49. The van der Waals surface area contributed by atoms with Crippen LogP contribution < -0.4 is 11.1 Å². The Kier molecular flexibility index (Phi) is 4.27. The molecule has 1 aromatic heterocycles. The maximum atomic E-state index is 11.7. The van der Waals surface area contributed by atoms with Gasteiger partial charge in [0.25, 0.3) is 0 Å². The highest BCUT2D eigenvalue weighted by Crippen LogP contribution is 2.35. The molecule has 8 heteroatoms. The summed E-state index contributed by atoms with van der Waals surface area (Å²) in [7, 11) is -3.42. The Morgan fingerprint density at radius 2 is 2.10 bits per heavy atom. The lowest BCUT2D eigenvalue weighted by atomic mass is 9.79. The van der Waals surface area contributed by atoms with E-state index in [9.17, 15) is 13.5 Å². The van der Waals surface area contributed by atoms with E-state index < -0.39 is 15.4 Å². The molecule has 0 aliphatic heterocycles. The minimum absolute atomic E-state index is 0.0178. The number of nitrogen functional groups attached to an aromatic ring is 1. The second-order valence-corrected chi connectivity index (χ2v) is 8.48. The zero-order chi connectivity index (χ0) is 15.0. The van der Waals surface area contributed by atoms with Gasteiger partial charge in [0.1, 0.15) is 9.90 Å². The first-order chi connectivity index (χ1) is 9.21. The molecule has 1 heterocycles. The number of aliphatic hydroxyl groups is 1. The average Bonchev–Trinajstić information content (AvgIpc) is 2.72. The molecular weight excluding hydrogens is 298 g/mol. The summed E-state index contributed by atoms with van der Waals surface area (Å²) < 4.78 is 27.3. The number of nitrogens with two attached hydrogens (primary N) is 1. The molecule has 6 nitrogen and oxygen atoms in total. The van der Waals surface area contributed by atoms with Crippen molar-refractivity contribution in [2.24, 2.45) is 5.92 Å². The van der Waals surface area contributed by atoms with Crippen LogP contribution in [0.1, 0.15) is 32.6 Å². The summed E-state index contributed by atoms with van der Waals surface area (Å²) in [5.41, 5.74) is 4.83. The Labute approximate surface area is 123 Å². The van der Waals surface area contributed by atoms with Gasteiger partial charge in [-0.15, -0.1) is 0 Å². The second-order valence-electron chi connectivity index (χ2n) is 5.76. The maximum absolute atomic E-state index is 11.7. The zero-order valence-electron chi connectivity index (χ0n) is 11.7. The van der Waals surface area contributed by atoms with Crippen LogP contribution >= 0.6 is 11.5 Å². The van der Waals surface area contributed by atoms with Gasteiger partial charge in [0.05, 0.1) is 5.60 Å². The van der Waals surface area contributed by atoms with Gasteiger partial charge in [-0.1, -0.05) is 6.92 Å². The monoisotopic (exact) mass is 319 g/mol. The lowest BCUT2D eigenvalue weighted by Gasteiger charge is -2.35. The van der Waals surface area contributed by atoms with Crippen LogP contribution in [0.5, 0.6) is 0 Å². The first-order valence-electron chi connectivity index (χ1n) is 6.63. The average molecular weight is 319 g/mol. The summed E-state index contributed by atoms with van der Waals surface area (Å²) in [4.78, 5) is 0.0373. The van der Waals surface area contributed by atoms with E-state index in [4.69, 9.17) is 5.73 Å². The molecule has 114 valence electrons. The number of aromatic nitrogens is 1. The van der Waals surface area contributed by atoms with E-state index in [2.05, 4.69) is 16.6 Å². The first kappa shape index (κ1) is 15.5. The molecule has 0 aromatic carbocycles. The van der Waals surface area contributed by atoms with Crippen LogP contribution in [-0.4, -0.2) is 36.3 Å². The summed E-state index contributed by atoms with van der Waals surface area (Å²) in [5.74, 6) is 0.658. The quantitative estimate of drug-likeness (QED) is 0.776. The number of hydrogen-bond donors (Lipinski definition) is 3. The van der Waals surface area contributed by atoms with Gasteiger partial charge in [0.15, 0.2) is 15.7 Å². The Morgan fingerprint density at radius 3 is 2.65 bits per heavy atom. The first-order valence-corrected chi connectivity index (χ1v) is 9.29. The normalized spacial score (nSPS) is 27.4. The Balaban J connectivity index is 2.09. The molecule has 20 heavy (non-hydrogen) atoms. The molecule has 4 N–H and O–H groups in total. The highest BCUT2D eigenvalue weighted by atomic mass is 32.2. The van der Waals surface area contributed by atoms with Crippen LogP contribution in [0.15, 0.2) is 4.90 Å². The minimum Gasteiger partial charge on any atom is -0.388 e. The molecule has 0 saturated heterocycles. The molecule has 1 fully saturated rings. The lowest BCUT2D eigenvalue weighted by Crippen LogP contribution is -2.40. The number of nitrogens with zero attached hydrogens (tertiary/aromatic N) is 1. The van der Waals surface area contributed by atoms with Crippen molar-refractivity contribution < 1.29 is 13.5 Å². The van der Waals surface area contributed by atoms with Crippen molar-refractivity contribution in [1.82, 2.24) is 4.37 Å². The summed E-state index contributed by atoms with van der Waals surface area (Å²) in [6.45, 7) is 2.50. The van der Waals surface area contributed by atoms with Crippen LogP contribution in [-0.2, 0) is 9.84 Å². The number of hydrogen-bond acceptors (Lipinski definition) is 7. The van der Waals surface area contributed by atoms with Crippen molar-refractivity contribution in [1.29, 1.82) is 0 Å². The third-order valence-electron chi connectivity index (χ3n) is 3.83. The molecule has 0 spiro atoms. The lowest BCUT2D eigenvalue weighted by molar-refractivity contribution is 0.00503. The van der Waals surface area contributed by atoms with E-state index in [1.54, 1.807) is 0 Å². The fourth-order valence-corrected chi connectivity index (χ4v) is 4.55. The second kappa shape index (κ2) is 5.50. The van der Waals surface area contributed by atoms with Crippen molar-refractivity contribution in [3.63, 3.8) is 0 Å². The summed E-state index contributed by atoms with van der Waals surface area (Å²) >= 11 is 1.01. The fraction of sp³-hybridized carbons (Fsp3) is 0.750. The van der Waals surface area contributed by atoms with Gasteiger partial charge >= 0.3 is 0 Å². The van der Waals surface area contributed by atoms with Crippen molar-refractivity contribution in [3.05, 3.63) is 0 Å². The van der Waals surface area contributed by atoms with Crippen LogP contribution in [0, 0.1) is 5.92 Å². The van der Waals surface area contributed by atoms with E-state index in [1.165, 1.54) is 0 Å². The molecule has 1 aromatic rings. The van der Waals surface area contributed by atoms with Crippen LogP contribution in [0.3, 0.4) is 0 Å². The maximum Gasteiger partial charge on any atom is 0.182 e. The van der Waals surface area contributed by atoms with E-state index >= 15 is 0 Å². The third-order valence-corrected chi connectivity index (χ3v) is 5.93. The predicted octanol–water partition coefficient (Wildman–Crippen LogP) is 1.48. The van der Waals surface area contributed by atoms with E-state index in [0.29, 0.717) is 17.5 Å². The molecule has 0 bridgehead atoms. The smallest absolute Gasteiger partial charge is 0.182 e. The van der Waals surface area contributed by atoms with E-state index in [-0.39, 0.29) is 10.7 Å². The zero-order valence-corrected chi connectivity index (χ0v) is 13.4. The number of nitrogens with one attached hydrogen (secondary N) is 1. The van der Waals surface area contributed by atoms with Crippen molar-refractivity contribution in [3.8, 4) is 0 Å². The highest BCUT2D eigenvalue weighted by Gasteiger charge is 2.32. The third kappa shape index (κ3) is 3.42. The van der Waals surface area contributed by atoms with E-state index in [0.717, 1.165) is 43.5 Å². The van der Waals surface area contributed by atoms with Gasteiger partial charge in [-0.2, -0.15) is 4.37 Å². The topological polar surface area (TPSA) is 105 Å². The van der Waals surface area contributed by atoms with Crippen LogP contribution in [0.2, 0.25) is 0 Å². The molecule has 1 aliphatic carbocycles. The summed E-state index contributed by atoms with van der Waals surface area (Å²) in [6.07, 6.45) is 4.53. The molecule has 2 rings (SSSR count). The Hall–Kier alpha value is -0.860. The van der Waals surface area contributed by atoms with Gasteiger partial charge in [0, 0.05) is 12.8 Å². The van der Waals surface area contributed by atoms with E-state index in [1.807, 2.05) is 0 Å². The molecule has 1 aliphatic rings. The largest absolute Gasteiger partial charge is 0.388 e. The van der Waals surface area contributed by atoms with Gasteiger partial charge in [-0.25, -0.2) is 8.42 Å². The molecule has 0 radical (unpaired) electrons. The Morgan fingerprint density at radius 1 is 1.50 bits per heavy atom. The molecule has 0 amide bonds. The number of anilines is 2. The Bertz CT molecular complexity index is 575. The van der Waals surface area contributed by atoms with Crippen LogP contribution in [0.25, 0.3) is 0 Å². The SMILES string of the molecule is CC1CCC(O)(CNc2snc(N)c2S(C)(=O)=O)CC1. The predicted molar refractivity (Wildman–Crippen MR) is 80.7 cm³/mol. The molecule has 0 atom stereocenters. The van der Waals surface area contributed by atoms with Crippen LogP contribution in [0.4, 0.5) is 10.8 Å². The summed E-state index contributed by atoms with van der Waals surface area (Å²) in [5, 5.41) is 13.9. The minimum atomic E-state index is -3.42. The van der Waals surface area contributed by atoms with Crippen molar-refractivity contribution >= 4 is 32.2 Å². The number of sulfone groups is 1. The molecule has 0 unspecified atom stereocenters. The van der Waals surface area contributed by atoms with Gasteiger partial charge < -0.3 is 16.2 Å². The van der Waals surface area contributed by atoms with Gasteiger partial charge in [-0.05, 0) is 43.1 Å². The van der Waals surface area contributed by atoms with Gasteiger partial charge in [-0.3, -0.25) is 0 Å². The molecule has 1 saturated carbocycles. The van der Waals surface area contributed by atoms with Crippen molar-refractivity contribution in [2.75, 3.05) is 23.9 Å².